The summed E-state index contributed by atoms with van der Waals surface area (Å²) in [6.45, 7) is 4.90. The molecule has 2 aliphatic heterocycles. The van der Waals surface area contributed by atoms with Crippen LogP contribution in [0, 0.1) is 0 Å². The van der Waals surface area contributed by atoms with Gasteiger partial charge in [-0.1, -0.05) is 24.3 Å². The van der Waals surface area contributed by atoms with E-state index in [1.165, 1.54) is 31.5 Å². The molecule has 1 aromatic heterocycles. The number of aromatic nitrogens is 2. The maximum Gasteiger partial charge on any atom is 0.222 e. The number of nitrogens with zero attached hydrogens (tertiary/aromatic N) is 5. The van der Waals surface area contributed by atoms with Crippen LogP contribution in [0.2, 0.25) is 0 Å². The molecule has 4 rings (SSSR count). The number of hydrogen-bond acceptors (Lipinski definition) is 9. The van der Waals surface area contributed by atoms with Gasteiger partial charge >= 0.3 is 0 Å². The molecule has 3 heterocycles. The number of benzene rings is 1. The lowest BCUT2D eigenvalue weighted by molar-refractivity contribution is -0.112. The zero-order chi connectivity index (χ0) is 21.6. The standard InChI is InChI=1S/C22H29N7O2/c1-31-11-8-24-21-20-18(26-22(23)27-21)12-25-29(19(20)15-30)14-17-6-4-16(5-7-17)13-28-9-2-3-10-28/h4-7,12,15,19H,2-3,8-11,13-14H2,1H3,(H3,23,24,26,27). The highest BCUT2D eigenvalue weighted by Crippen LogP contribution is 2.32. The fourth-order valence-corrected chi connectivity index (χ4v) is 4.06. The first-order chi connectivity index (χ1) is 15.2. The molecule has 1 fully saturated rings. The minimum Gasteiger partial charge on any atom is -0.383 e. The summed E-state index contributed by atoms with van der Waals surface area (Å²) in [5.41, 5.74) is 9.47. The molecule has 1 aromatic carbocycles. The molecule has 0 amide bonds. The lowest BCUT2D eigenvalue weighted by atomic mass is 10.0. The molecule has 0 radical (unpaired) electrons. The van der Waals surface area contributed by atoms with Gasteiger partial charge in [-0.25, -0.2) is 4.98 Å². The van der Waals surface area contributed by atoms with Gasteiger partial charge in [0.15, 0.2) is 0 Å². The molecule has 1 atom stereocenters. The van der Waals surface area contributed by atoms with Crippen molar-refractivity contribution in [3.05, 3.63) is 46.6 Å². The molecular weight excluding hydrogens is 394 g/mol. The van der Waals surface area contributed by atoms with Gasteiger partial charge in [0.05, 0.1) is 30.6 Å². The minimum atomic E-state index is -0.602. The van der Waals surface area contributed by atoms with Crippen LogP contribution >= 0.6 is 0 Å². The number of nitrogens with two attached hydrogens (primary N) is 1. The normalized spacial score (nSPS) is 18.2. The van der Waals surface area contributed by atoms with Crippen molar-refractivity contribution in [2.45, 2.75) is 32.0 Å². The van der Waals surface area contributed by atoms with Crippen molar-refractivity contribution in [1.29, 1.82) is 0 Å². The van der Waals surface area contributed by atoms with Gasteiger partial charge in [0.2, 0.25) is 5.95 Å². The number of hydrazone groups is 1. The molecule has 3 N–H and O–H groups in total. The number of fused-ring (bicyclic) bond motifs is 1. The third kappa shape index (κ3) is 5.00. The number of aldehydes is 1. The number of methoxy groups -OCH3 is 1. The van der Waals surface area contributed by atoms with Crippen molar-refractivity contribution in [3.63, 3.8) is 0 Å². The summed E-state index contributed by atoms with van der Waals surface area (Å²) >= 11 is 0. The van der Waals surface area contributed by atoms with Crippen molar-refractivity contribution in [2.75, 3.05) is 44.4 Å². The van der Waals surface area contributed by atoms with Crippen LogP contribution in [0.25, 0.3) is 0 Å². The topological polar surface area (TPSA) is 109 Å². The zero-order valence-corrected chi connectivity index (χ0v) is 17.8. The van der Waals surface area contributed by atoms with Crippen molar-refractivity contribution in [1.82, 2.24) is 19.9 Å². The molecule has 2 aromatic rings. The molecule has 0 bridgehead atoms. The second-order valence-electron chi connectivity index (χ2n) is 7.87. The van der Waals surface area contributed by atoms with E-state index in [2.05, 4.69) is 49.6 Å². The molecular formula is C22H29N7O2. The summed E-state index contributed by atoms with van der Waals surface area (Å²) in [6.07, 6.45) is 5.09. The average Bonchev–Trinajstić information content (AvgIpc) is 3.28. The number of ether oxygens (including phenoxy) is 1. The Morgan fingerprint density at radius 1 is 1.16 bits per heavy atom. The van der Waals surface area contributed by atoms with E-state index in [0.717, 1.165) is 18.4 Å². The number of nitrogens with one attached hydrogen (secondary N) is 1. The summed E-state index contributed by atoms with van der Waals surface area (Å²) < 4.78 is 5.10. The Hall–Kier alpha value is -3.04. The Balaban J connectivity index is 1.50. The molecule has 1 unspecified atom stereocenters. The number of carbonyl (C=O) groups excluding carboxylic acids is 1. The van der Waals surface area contributed by atoms with Crippen LogP contribution in [0.15, 0.2) is 29.4 Å². The van der Waals surface area contributed by atoms with Gasteiger partial charge in [0, 0.05) is 20.2 Å². The van der Waals surface area contributed by atoms with Crippen LogP contribution in [0.1, 0.15) is 41.3 Å². The van der Waals surface area contributed by atoms with E-state index < -0.39 is 6.04 Å². The first-order valence-corrected chi connectivity index (χ1v) is 10.6. The van der Waals surface area contributed by atoms with Crippen LogP contribution in [-0.2, 0) is 22.6 Å². The van der Waals surface area contributed by atoms with E-state index in [1.807, 2.05) is 0 Å². The molecule has 0 spiro atoms. The molecule has 9 heteroatoms. The quantitative estimate of drug-likeness (QED) is 0.464. The van der Waals surface area contributed by atoms with Crippen LogP contribution < -0.4 is 11.1 Å². The first-order valence-electron chi connectivity index (χ1n) is 10.6. The smallest absolute Gasteiger partial charge is 0.222 e. The number of nitrogen functional groups attached to an aromatic ring is 1. The number of likely N-dealkylation sites (tertiary alicyclic amines) is 1. The first kappa shape index (κ1) is 21.2. The lowest BCUT2D eigenvalue weighted by Crippen LogP contribution is -2.31. The van der Waals surface area contributed by atoms with E-state index in [1.54, 1.807) is 18.3 Å². The number of anilines is 2. The molecule has 0 saturated carbocycles. The predicted molar refractivity (Wildman–Crippen MR) is 120 cm³/mol. The van der Waals surface area contributed by atoms with Crippen molar-refractivity contribution in [2.24, 2.45) is 5.10 Å². The largest absolute Gasteiger partial charge is 0.383 e. The Kier molecular flexibility index (Phi) is 6.73. The Labute approximate surface area is 182 Å². The summed E-state index contributed by atoms with van der Waals surface area (Å²) in [5, 5.41) is 9.43. The highest BCUT2D eigenvalue weighted by atomic mass is 16.5. The predicted octanol–water partition coefficient (Wildman–Crippen LogP) is 1.80. The van der Waals surface area contributed by atoms with Crippen LogP contribution in [0.4, 0.5) is 11.8 Å². The number of rotatable bonds is 9. The van der Waals surface area contributed by atoms with Crippen molar-refractivity contribution >= 4 is 24.3 Å². The molecule has 2 aliphatic rings. The summed E-state index contributed by atoms with van der Waals surface area (Å²) in [4.78, 5) is 23.1. The molecule has 0 aliphatic carbocycles. The Bertz CT molecular complexity index is 926. The van der Waals surface area contributed by atoms with E-state index in [4.69, 9.17) is 10.5 Å². The van der Waals surface area contributed by atoms with Crippen LogP contribution in [0.5, 0.6) is 0 Å². The van der Waals surface area contributed by atoms with Crippen molar-refractivity contribution < 1.29 is 9.53 Å². The highest BCUT2D eigenvalue weighted by molar-refractivity contribution is 5.86. The maximum atomic E-state index is 12.1. The van der Waals surface area contributed by atoms with Crippen molar-refractivity contribution in [3.8, 4) is 0 Å². The monoisotopic (exact) mass is 423 g/mol. The van der Waals surface area contributed by atoms with E-state index in [-0.39, 0.29) is 5.95 Å². The minimum absolute atomic E-state index is 0.136. The van der Waals surface area contributed by atoms with Gasteiger partial charge in [-0.2, -0.15) is 10.1 Å². The van der Waals surface area contributed by atoms with Gasteiger partial charge in [0.1, 0.15) is 18.1 Å². The number of hydrogen-bond donors (Lipinski definition) is 2. The molecule has 164 valence electrons. The van der Waals surface area contributed by atoms with E-state index >= 15 is 0 Å². The fourth-order valence-electron chi connectivity index (χ4n) is 4.06. The Morgan fingerprint density at radius 3 is 2.55 bits per heavy atom. The summed E-state index contributed by atoms with van der Waals surface area (Å²) in [7, 11) is 1.63. The number of carbonyl (C=O) groups is 1. The zero-order valence-electron chi connectivity index (χ0n) is 17.8. The van der Waals surface area contributed by atoms with Gasteiger partial charge in [-0.3, -0.25) is 9.91 Å². The average molecular weight is 424 g/mol. The second-order valence-corrected chi connectivity index (χ2v) is 7.87. The third-order valence-electron chi connectivity index (χ3n) is 5.64. The van der Waals surface area contributed by atoms with Crippen LogP contribution in [0.3, 0.4) is 0 Å². The second kappa shape index (κ2) is 9.84. The van der Waals surface area contributed by atoms with Gasteiger partial charge < -0.3 is 20.6 Å². The summed E-state index contributed by atoms with van der Waals surface area (Å²) in [5.74, 6) is 0.672. The van der Waals surface area contributed by atoms with E-state index in [0.29, 0.717) is 36.8 Å². The summed E-state index contributed by atoms with van der Waals surface area (Å²) in [6, 6.07) is 7.93. The molecule has 1 saturated heterocycles. The third-order valence-corrected chi connectivity index (χ3v) is 5.64. The fraction of sp³-hybridized carbons (Fsp3) is 0.455. The van der Waals surface area contributed by atoms with Crippen LogP contribution in [-0.4, -0.2) is 65.7 Å². The van der Waals surface area contributed by atoms with E-state index in [9.17, 15) is 4.79 Å². The molecule has 9 nitrogen and oxygen atoms in total. The SMILES string of the molecule is COCCNc1nc(N)nc2c1C(C=O)N(Cc1ccc(CN3CCCC3)cc1)N=C2. The maximum absolute atomic E-state index is 12.1. The molecule has 31 heavy (non-hydrogen) atoms. The van der Waals surface area contributed by atoms with Gasteiger partial charge in [0.25, 0.3) is 0 Å². The Morgan fingerprint density at radius 2 is 1.87 bits per heavy atom. The van der Waals surface area contributed by atoms with Gasteiger partial charge in [-0.15, -0.1) is 0 Å². The highest BCUT2D eigenvalue weighted by Gasteiger charge is 2.29. The lowest BCUT2D eigenvalue weighted by Gasteiger charge is -2.30. The van der Waals surface area contributed by atoms with Gasteiger partial charge in [-0.05, 0) is 37.1 Å².